The summed E-state index contributed by atoms with van der Waals surface area (Å²) in [6, 6.07) is 8.42. The zero-order valence-electron chi connectivity index (χ0n) is 13.1. The average molecular weight is 326 g/mol. The van der Waals surface area contributed by atoms with Crippen molar-refractivity contribution in [3.05, 3.63) is 65.0 Å². The van der Waals surface area contributed by atoms with Crippen LogP contribution < -0.4 is 0 Å². The van der Waals surface area contributed by atoms with Crippen LogP contribution >= 0.6 is 11.6 Å². The van der Waals surface area contributed by atoms with Gasteiger partial charge in [0.25, 0.3) is 0 Å². The first kappa shape index (κ1) is 14.7. The number of para-hydroxylation sites is 2. The molecule has 4 heteroatoms. The molecule has 23 heavy (non-hydrogen) atoms. The van der Waals surface area contributed by atoms with Gasteiger partial charge in [-0.15, -0.1) is 0 Å². The molecule has 4 rings (SSSR count). The van der Waals surface area contributed by atoms with Gasteiger partial charge >= 0.3 is 0 Å². The Bertz CT molecular complexity index is 805. The molecular formula is C19H20ClN3. The minimum absolute atomic E-state index is 0.894. The topological polar surface area (TPSA) is 21.1 Å². The number of benzene rings is 1. The van der Waals surface area contributed by atoms with E-state index in [0.29, 0.717) is 0 Å². The average Bonchev–Trinajstić information content (AvgIpc) is 3.19. The summed E-state index contributed by atoms with van der Waals surface area (Å²) in [5, 5.41) is 0.951. The van der Waals surface area contributed by atoms with Gasteiger partial charge in [-0.3, -0.25) is 4.90 Å². The molecule has 0 spiro atoms. The van der Waals surface area contributed by atoms with E-state index in [1.807, 2.05) is 6.08 Å². The van der Waals surface area contributed by atoms with E-state index in [0.717, 1.165) is 55.4 Å². The summed E-state index contributed by atoms with van der Waals surface area (Å²) in [5.41, 5.74) is 3.72. The summed E-state index contributed by atoms with van der Waals surface area (Å²) in [5.74, 6) is 1.15. The number of hydrogen-bond donors (Lipinski definition) is 0. The molecule has 0 saturated carbocycles. The van der Waals surface area contributed by atoms with E-state index in [2.05, 4.69) is 52.0 Å². The van der Waals surface area contributed by atoms with E-state index in [9.17, 15) is 0 Å². The van der Waals surface area contributed by atoms with Crippen molar-refractivity contribution in [2.24, 2.45) is 0 Å². The highest BCUT2D eigenvalue weighted by Crippen LogP contribution is 2.25. The highest BCUT2D eigenvalue weighted by Gasteiger charge is 2.16. The summed E-state index contributed by atoms with van der Waals surface area (Å²) < 4.78 is 2.37. The fourth-order valence-electron chi connectivity index (χ4n) is 3.26. The predicted octanol–water partition coefficient (Wildman–Crippen LogP) is 4.25. The van der Waals surface area contributed by atoms with Crippen molar-refractivity contribution in [2.45, 2.75) is 25.9 Å². The molecule has 0 unspecified atom stereocenters. The fourth-order valence-corrected chi connectivity index (χ4v) is 3.42. The van der Waals surface area contributed by atoms with E-state index in [1.165, 1.54) is 11.1 Å². The zero-order chi connectivity index (χ0) is 15.6. The third-order valence-corrected chi connectivity index (χ3v) is 4.85. The third kappa shape index (κ3) is 3.12. The van der Waals surface area contributed by atoms with E-state index in [-0.39, 0.29) is 0 Å². The molecule has 2 aromatic rings. The van der Waals surface area contributed by atoms with Crippen LogP contribution in [0.4, 0.5) is 0 Å². The van der Waals surface area contributed by atoms with Gasteiger partial charge in [0.05, 0.1) is 17.6 Å². The van der Waals surface area contributed by atoms with Crippen LogP contribution in [-0.4, -0.2) is 27.5 Å². The smallest absolute Gasteiger partial charge is 0.124 e. The monoisotopic (exact) mass is 325 g/mol. The largest absolute Gasteiger partial charge is 0.323 e. The van der Waals surface area contributed by atoms with Gasteiger partial charge in [0.2, 0.25) is 0 Å². The molecule has 0 bridgehead atoms. The van der Waals surface area contributed by atoms with Crippen LogP contribution in [0.2, 0.25) is 0 Å². The molecule has 3 nitrogen and oxygen atoms in total. The zero-order valence-corrected chi connectivity index (χ0v) is 13.8. The molecule has 2 aliphatic rings. The Labute approximate surface area is 141 Å². The molecule has 1 aliphatic carbocycles. The maximum atomic E-state index is 6.09. The first-order chi connectivity index (χ1) is 11.3. The lowest BCUT2D eigenvalue weighted by Gasteiger charge is -2.18. The van der Waals surface area contributed by atoms with Crippen molar-refractivity contribution in [1.82, 2.24) is 14.5 Å². The molecule has 0 radical (unpaired) electrons. The second-order valence-electron chi connectivity index (χ2n) is 6.21. The molecule has 2 heterocycles. The van der Waals surface area contributed by atoms with Crippen molar-refractivity contribution in [1.29, 1.82) is 0 Å². The molecule has 1 aliphatic heterocycles. The first-order valence-electron chi connectivity index (χ1n) is 8.15. The summed E-state index contributed by atoms with van der Waals surface area (Å²) in [6.45, 7) is 3.83. The second-order valence-corrected chi connectivity index (χ2v) is 6.69. The van der Waals surface area contributed by atoms with Crippen LogP contribution in [0.1, 0.15) is 18.7 Å². The number of rotatable bonds is 4. The van der Waals surface area contributed by atoms with Gasteiger partial charge in [0.1, 0.15) is 5.82 Å². The van der Waals surface area contributed by atoms with Gasteiger partial charge in [-0.2, -0.15) is 0 Å². The van der Waals surface area contributed by atoms with Gasteiger partial charge in [-0.05, 0) is 31.1 Å². The standard InChI is InChI=1S/C19H20ClN3/c20-16-9-7-15(8-10-16)13-23-18-6-2-1-5-17(18)21-19(23)14-22-11-3-4-12-22/h1-7,9H,8,10-14H2. The summed E-state index contributed by atoms with van der Waals surface area (Å²) in [7, 11) is 0. The maximum Gasteiger partial charge on any atom is 0.124 e. The van der Waals surface area contributed by atoms with Crippen molar-refractivity contribution in [2.75, 3.05) is 13.1 Å². The normalized spacial score (nSPS) is 18.5. The molecule has 0 saturated heterocycles. The van der Waals surface area contributed by atoms with Crippen LogP contribution in [0.3, 0.4) is 0 Å². The molecule has 0 N–H and O–H groups in total. The minimum Gasteiger partial charge on any atom is -0.323 e. The van der Waals surface area contributed by atoms with Crippen molar-refractivity contribution in [3.8, 4) is 0 Å². The van der Waals surface area contributed by atoms with Gasteiger partial charge in [0, 0.05) is 24.7 Å². The van der Waals surface area contributed by atoms with E-state index in [1.54, 1.807) is 0 Å². The Morgan fingerprint density at radius 2 is 1.83 bits per heavy atom. The Kier molecular flexibility index (Phi) is 4.06. The summed E-state index contributed by atoms with van der Waals surface area (Å²) in [4.78, 5) is 7.29. The van der Waals surface area contributed by atoms with E-state index in [4.69, 9.17) is 16.6 Å². The minimum atomic E-state index is 0.894. The summed E-state index contributed by atoms with van der Waals surface area (Å²) in [6.07, 6.45) is 10.6. The van der Waals surface area contributed by atoms with Gasteiger partial charge in [-0.25, -0.2) is 4.98 Å². The number of nitrogens with zero attached hydrogens (tertiary/aromatic N) is 3. The van der Waals surface area contributed by atoms with Crippen molar-refractivity contribution < 1.29 is 0 Å². The molecule has 0 amide bonds. The molecule has 0 atom stereocenters. The lowest BCUT2D eigenvalue weighted by molar-refractivity contribution is 0.331. The Balaban J connectivity index is 1.67. The van der Waals surface area contributed by atoms with Crippen molar-refractivity contribution >= 4 is 22.6 Å². The van der Waals surface area contributed by atoms with Crippen LogP contribution in [0.15, 0.2) is 59.2 Å². The van der Waals surface area contributed by atoms with Gasteiger partial charge in [0.15, 0.2) is 0 Å². The lowest BCUT2D eigenvalue weighted by atomic mass is 10.0. The highest BCUT2D eigenvalue weighted by atomic mass is 35.5. The van der Waals surface area contributed by atoms with E-state index >= 15 is 0 Å². The van der Waals surface area contributed by atoms with Crippen LogP contribution in [0.25, 0.3) is 11.0 Å². The van der Waals surface area contributed by atoms with Crippen LogP contribution in [0, 0.1) is 0 Å². The quantitative estimate of drug-likeness (QED) is 0.783. The summed E-state index contributed by atoms with van der Waals surface area (Å²) >= 11 is 6.09. The van der Waals surface area contributed by atoms with Gasteiger partial charge in [-0.1, -0.05) is 47.5 Å². The number of imidazole rings is 1. The van der Waals surface area contributed by atoms with E-state index < -0.39 is 0 Å². The Hall–Kier alpha value is -1.84. The second kappa shape index (κ2) is 6.34. The lowest BCUT2D eigenvalue weighted by Crippen LogP contribution is -2.22. The fraction of sp³-hybridized carbons (Fsp3) is 0.316. The van der Waals surface area contributed by atoms with Gasteiger partial charge < -0.3 is 4.57 Å². The maximum absolute atomic E-state index is 6.09. The number of allylic oxidation sites excluding steroid dienone is 4. The number of hydrogen-bond acceptors (Lipinski definition) is 2. The molecular weight excluding hydrogens is 306 g/mol. The Morgan fingerprint density at radius 3 is 2.61 bits per heavy atom. The Morgan fingerprint density at radius 1 is 1.00 bits per heavy atom. The molecule has 118 valence electrons. The molecule has 1 aromatic heterocycles. The SMILES string of the molecule is ClC1=CC=C(Cn2c(CN3CC=CC3)nc3ccccc32)CC1. The first-order valence-corrected chi connectivity index (χ1v) is 8.53. The third-order valence-electron chi connectivity index (χ3n) is 4.54. The highest BCUT2D eigenvalue weighted by molar-refractivity contribution is 6.29. The molecule has 1 aromatic carbocycles. The number of aromatic nitrogens is 2. The van der Waals surface area contributed by atoms with Crippen LogP contribution in [-0.2, 0) is 13.1 Å². The predicted molar refractivity (Wildman–Crippen MR) is 95.4 cm³/mol. The van der Waals surface area contributed by atoms with Crippen LogP contribution in [0.5, 0.6) is 0 Å². The number of halogens is 1. The number of fused-ring (bicyclic) bond motifs is 1. The van der Waals surface area contributed by atoms with Crippen molar-refractivity contribution in [3.63, 3.8) is 0 Å². The molecule has 0 fully saturated rings.